The van der Waals surface area contributed by atoms with Gasteiger partial charge in [0.05, 0.1) is 6.04 Å². The molecule has 3 aromatic carbocycles. The Kier molecular flexibility index (Phi) is 6.65. The van der Waals surface area contributed by atoms with E-state index in [-0.39, 0.29) is 18.7 Å². The third-order valence-electron chi connectivity index (χ3n) is 8.20. The van der Waals surface area contributed by atoms with Gasteiger partial charge in [0.15, 0.2) is 11.5 Å². The Labute approximate surface area is 233 Å². The molecule has 3 aliphatic heterocycles. The van der Waals surface area contributed by atoms with Gasteiger partial charge in [-0.25, -0.2) is 0 Å². The molecule has 1 amide bonds. The zero-order valence-electron chi connectivity index (χ0n) is 22.5. The largest absolute Gasteiger partial charge is 0.492 e. The van der Waals surface area contributed by atoms with Crippen LogP contribution in [0.15, 0.2) is 72.8 Å². The first-order valence-corrected chi connectivity index (χ1v) is 14.2. The van der Waals surface area contributed by atoms with Crippen molar-refractivity contribution in [3.63, 3.8) is 0 Å². The summed E-state index contributed by atoms with van der Waals surface area (Å²) in [7, 11) is 0. The number of nitrogens with zero attached hydrogens (tertiary/aromatic N) is 2. The van der Waals surface area contributed by atoms with E-state index in [9.17, 15) is 4.79 Å². The molecule has 1 fully saturated rings. The number of nitrogens with one attached hydrogen (secondary N) is 1. The first-order chi connectivity index (χ1) is 19.7. The molecule has 1 aromatic heterocycles. The highest BCUT2D eigenvalue weighted by Crippen LogP contribution is 2.42. The molecule has 1 N–H and O–H groups in total. The third kappa shape index (κ3) is 4.82. The van der Waals surface area contributed by atoms with E-state index >= 15 is 0 Å². The van der Waals surface area contributed by atoms with Crippen molar-refractivity contribution in [2.75, 3.05) is 39.6 Å². The van der Waals surface area contributed by atoms with Gasteiger partial charge in [-0.2, -0.15) is 0 Å². The van der Waals surface area contributed by atoms with E-state index in [0.717, 1.165) is 46.8 Å². The van der Waals surface area contributed by atoms with Crippen molar-refractivity contribution in [3.8, 4) is 17.2 Å². The molecule has 0 spiro atoms. The van der Waals surface area contributed by atoms with Crippen LogP contribution < -0.4 is 14.2 Å². The molecule has 0 radical (unpaired) electrons. The third-order valence-corrected chi connectivity index (χ3v) is 8.20. The van der Waals surface area contributed by atoms with Crippen LogP contribution in [0.4, 0.5) is 0 Å². The van der Waals surface area contributed by atoms with Gasteiger partial charge in [-0.1, -0.05) is 36.4 Å². The predicted molar refractivity (Wildman–Crippen MR) is 155 cm³/mol. The number of aromatic amines is 1. The first-order valence-electron chi connectivity index (χ1n) is 14.2. The highest BCUT2D eigenvalue weighted by molar-refractivity contribution is 5.93. The number of carbonyl (C=O) groups excluding carboxylic acids is 1. The van der Waals surface area contributed by atoms with E-state index in [1.54, 1.807) is 6.08 Å². The summed E-state index contributed by atoms with van der Waals surface area (Å²) in [6.07, 6.45) is 6.93. The lowest BCUT2D eigenvalue weighted by Gasteiger charge is -2.35. The van der Waals surface area contributed by atoms with Crippen molar-refractivity contribution in [1.29, 1.82) is 0 Å². The van der Waals surface area contributed by atoms with Crippen LogP contribution in [0.5, 0.6) is 17.2 Å². The summed E-state index contributed by atoms with van der Waals surface area (Å²) in [5.41, 5.74) is 5.37. The van der Waals surface area contributed by atoms with Gasteiger partial charge in [-0.3, -0.25) is 9.69 Å². The number of hydrogen-bond donors (Lipinski definition) is 1. The Bertz CT molecular complexity index is 1550. The number of amides is 1. The Morgan fingerprint density at radius 2 is 1.80 bits per heavy atom. The zero-order valence-corrected chi connectivity index (χ0v) is 22.5. The maximum Gasteiger partial charge on any atom is 0.247 e. The maximum atomic E-state index is 13.7. The summed E-state index contributed by atoms with van der Waals surface area (Å²) in [5.74, 6) is 2.27. The van der Waals surface area contributed by atoms with E-state index < -0.39 is 0 Å². The quantitative estimate of drug-likeness (QED) is 0.314. The van der Waals surface area contributed by atoms with E-state index in [2.05, 4.69) is 28.1 Å². The zero-order chi connectivity index (χ0) is 26.9. The van der Waals surface area contributed by atoms with Crippen LogP contribution in [0, 0.1) is 0 Å². The Morgan fingerprint density at radius 1 is 0.975 bits per heavy atom. The molecule has 4 aromatic rings. The number of rotatable bonds is 7. The van der Waals surface area contributed by atoms with Crippen molar-refractivity contribution in [1.82, 2.24) is 14.8 Å². The summed E-state index contributed by atoms with van der Waals surface area (Å²) in [5, 5.41) is 1.22. The molecule has 7 heteroatoms. The molecule has 7 rings (SSSR count). The Balaban J connectivity index is 1.11. The minimum Gasteiger partial charge on any atom is -0.492 e. The summed E-state index contributed by atoms with van der Waals surface area (Å²) in [6, 6.07) is 22.0. The SMILES string of the molecule is O=C(/C=C/c1ccc(OCCN2CCCC2)cc1)N1CCc2c([nH]c3ccccc23)[C@H]1c1ccc2c(c1)OCO2. The molecule has 204 valence electrons. The molecule has 4 heterocycles. The average molecular weight is 536 g/mol. The van der Waals surface area contributed by atoms with Crippen LogP contribution in [0.25, 0.3) is 17.0 Å². The number of ether oxygens (including phenoxy) is 3. The fourth-order valence-electron chi connectivity index (χ4n) is 6.15. The van der Waals surface area contributed by atoms with Crippen LogP contribution in [0.1, 0.15) is 41.3 Å². The second kappa shape index (κ2) is 10.7. The lowest BCUT2D eigenvalue weighted by molar-refractivity contribution is -0.128. The van der Waals surface area contributed by atoms with Crippen molar-refractivity contribution in [2.24, 2.45) is 0 Å². The van der Waals surface area contributed by atoms with Gasteiger partial charge < -0.3 is 24.1 Å². The monoisotopic (exact) mass is 535 g/mol. The van der Waals surface area contributed by atoms with Gasteiger partial charge in [0, 0.05) is 35.8 Å². The normalized spacial score (nSPS) is 18.5. The van der Waals surface area contributed by atoms with Crippen molar-refractivity contribution < 1.29 is 19.0 Å². The maximum absolute atomic E-state index is 13.7. The molecule has 3 aliphatic rings. The topological polar surface area (TPSA) is 67.0 Å². The highest BCUT2D eigenvalue weighted by atomic mass is 16.7. The number of fused-ring (bicyclic) bond motifs is 4. The van der Waals surface area contributed by atoms with Gasteiger partial charge >= 0.3 is 0 Å². The number of carbonyl (C=O) groups is 1. The van der Waals surface area contributed by atoms with Crippen LogP contribution in [0.2, 0.25) is 0 Å². The smallest absolute Gasteiger partial charge is 0.247 e. The van der Waals surface area contributed by atoms with Gasteiger partial charge in [0.2, 0.25) is 12.7 Å². The molecule has 40 heavy (non-hydrogen) atoms. The molecule has 7 nitrogen and oxygen atoms in total. The lowest BCUT2D eigenvalue weighted by atomic mass is 9.92. The summed E-state index contributed by atoms with van der Waals surface area (Å²) in [6.45, 7) is 4.86. The highest BCUT2D eigenvalue weighted by Gasteiger charge is 2.34. The van der Waals surface area contributed by atoms with Gasteiger partial charge in [0.1, 0.15) is 12.4 Å². The van der Waals surface area contributed by atoms with E-state index in [0.29, 0.717) is 18.9 Å². The molecular formula is C33H33N3O4. The number of aromatic nitrogens is 1. The Hall–Kier alpha value is -4.23. The molecule has 0 unspecified atom stereocenters. The van der Waals surface area contributed by atoms with E-state index in [1.165, 1.54) is 36.9 Å². The van der Waals surface area contributed by atoms with Crippen LogP contribution in [-0.2, 0) is 11.2 Å². The average Bonchev–Trinajstić information content (AvgIpc) is 3.76. The van der Waals surface area contributed by atoms with Gasteiger partial charge in [-0.05, 0) is 85.5 Å². The van der Waals surface area contributed by atoms with Gasteiger partial charge in [0.25, 0.3) is 0 Å². The molecule has 1 saturated heterocycles. The number of benzene rings is 3. The summed E-state index contributed by atoms with van der Waals surface area (Å²) in [4.78, 5) is 21.7. The standard InChI is InChI=1S/C33H33N3O4/c37-31(14-9-23-7-11-25(12-8-23)38-20-19-35-16-3-4-17-35)36-18-15-27-26-5-1-2-6-28(26)34-32(27)33(36)24-10-13-29-30(21-24)40-22-39-29/h1-2,5-14,21,33-34H,3-4,15-20,22H2/b14-9+/t33-/m1/s1. The number of likely N-dealkylation sites (tertiary alicyclic amines) is 1. The second-order valence-electron chi connectivity index (χ2n) is 10.7. The van der Waals surface area contributed by atoms with Crippen LogP contribution in [0.3, 0.4) is 0 Å². The van der Waals surface area contributed by atoms with Crippen molar-refractivity contribution >= 4 is 22.9 Å². The molecule has 0 aliphatic carbocycles. The first kappa shape index (κ1) is 24.8. The molecule has 0 saturated carbocycles. The van der Waals surface area contributed by atoms with Crippen molar-refractivity contribution in [3.05, 3.63) is 95.2 Å². The number of para-hydroxylation sites is 1. The lowest BCUT2D eigenvalue weighted by Crippen LogP contribution is -2.39. The van der Waals surface area contributed by atoms with E-state index in [4.69, 9.17) is 14.2 Å². The van der Waals surface area contributed by atoms with Crippen molar-refractivity contribution in [2.45, 2.75) is 25.3 Å². The van der Waals surface area contributed by atoms with Gasteiger partial charge in [-0.15, -0.1) is 0 Å². The summed E-state index contributed by atoms with van der Waals surface area (Å²) < 4.78 is 17.1. The number of H-pyrrole nitrogens is 1. The second-order valence-corrected chi connectivity index (χ2v) is 10.7. The molecular weight excluding hydrogens is 502 g/mol. The fourth-order valence-corrected chi connectivity index (χ4v) is 6.15. The van der Waals surface area contributed by atoms with Crippen LogP contribution in [-0.4, -0.2) is 60.3 Å². The fraction of sp³-hybridized carbons (Fsp3) is 0.303. The minimum absolute atomic E-state index is 0.0297. The van der Waals surface area contributed by atoms with E-state index in [1.807, 2.05) is 59.5 Å². The molecule has 1 atom stereocenters. The summed E-state index contributed by atoms with van der Waals surface area (Å²) >= 11 is 0. The molecule has 0 bridgehead atoms. The van der Waals surface area contributed by atoms with Crippen LogP contribution >= 0.6 is 0 Å². The number of hydrogen-bond acceptors (Lipinski definition) is 5. The minimum atomic E-state index is -0.255. The predicted octanol–water partition coefficient (Wildman–Crippen LogP) is 5.56. The Morgan fingerprint density at radius 3 is 2.67 bits per heavy atom.